The van der Waals surface area contributed by atoms with Gasteiger partial charge in [0.1, 0.15) is 5.75 Å². The van der Waals surface area contributed by atoms with Crippen LogP contribution in [-0.2, 0) is 5.41 Å². The minimum atomic E-state index is -0.729. The Bertz CT molecular complexity index is 457. The molecular weight excluding hydrogens is 240 g/mol. The fraction of sp³-hybridized carbons (Fsp3) is 0.600. The second-order valence-electron chi connectivity index (χ2n) is 5.66. The van der Waals surface area contributed by atoms with Crippen molar-refractivity contribution in [1.82, 2.24) is 5.32 Å². The maximum absolute atomic E-state index is 11.2. The number of hydrogen-bond acceptors (Lipinski definition) is 4. The summed E-state index contributed by atoms with van der Waals surface area (Å²) in [5.74, 6) is 0.881. The summed E-state index contributed by atoms with van der Waals surface area (Å²) in [4.78, 5) is 0. The van der Waals surface area contributed by atoms with Crippen LogP contribution in [0.3, 0.4) is 0 Å². The normalized spacial score (nSPS) is 29.4. The van der Waals surface area contributed by atoms with E-state index in [1.165, 1.54) is 0 Å². The molecule has 1 atom stereocenters. The zero-order valence-corrected chi connectivity index (χ0v) is 11.2. The van der Waals surface area contributed by atoms with E-state index in [1.54, 1.807) is 0 Å². The Labute approximate surface area is 114 Å². The number of hydrogen-bond donors (Lipinski definition) is 3. The van der Waals surface area contributed by atoms with Gasteiger partial charge in [-0.3, -0.25) is 0 Å². The van der Waals surface area contributed by atoms with Gasteiger partial charge in [-0.15, -0.1) is 0 Å². The first-order valence-corrected chi connectivity index (χ1v) is 7.07. The molecule has 19 heavy (non-hydrogen) atoms. The summed E-state index contributed by atoms with van der Waals surface area (Å²) < 4.78 is 5.73. The monoisotopic (exact) mass is 262 g/mol. The molecule has 0 amide bonds. The van der Waals surface area contributed by atoms with E-state index in [0.29, 0.717) is 13.2 Å². The Balaban J connectivity index is 2.09. The lowest BCUT2D eigenvalue weighted by molar-refractivity contribution is -0.0740. The van der Waals surface area contributed by atoms with E-state index in [2.05, 4.69) is 11.4 Å². The van der Waals surface area contributed by atoms with Crippen molar-refractivity contribution in [3.05, 3.63) is 29.8 Å². The van der Waals surface area contributed by atoms with Crippen LogP contribution in [0.4, 0.5) is 0 Å². The van der Waals surface area contributed by atoms with Crippen LogP contribution in [0.1, 0.15) is 24.8 Å². The van der Waals surface area contributed by atoms with Crippen molar-refractivity contribution < 1.29 is 9.84 Å². The summed E-state index contributed by atoms with van der Waals surface area (Å²) in [6.45, 7) is 2.79. The molecule has 1 fully saturated rings. The van der Waals surface area contributed by atoms with Crippen LogP contribution >= 0.6 is 0 Å². The van der Waals surface area contributed by atoms with Gasteiger partial charge in [0, 0.05) is 17.5 Å². The van der Waals surface area contributed by atoms with Crippen LogP contribution in [0.5, 0.6) is 5.75 Å². The molecule has 2 heterocycles. The molecular formula is C15H22N2O2. The van der Waals surface area contributed by atoms with Gasteiger partial charge in [0.2, 0.25) is 0 Å². The Morgan fingerprint density at radius 1 is 1.21 bits per heavy atom. The Morgan fingerprint density at radius 2 is 1.95 bits per heavy atom. The lowest BCUT2D eigenvalue weighted by Crippen LogP contribution is -2.61. The minimum absolute atomic E-state index is 0.371. The van der Waals surface area contributed by atoms with Crippen LogP contribution in [0.15, 0.2) is 24.3 Å². The third-order valence-electron chi connectivity index (χ3n) is 4.86. The van der Waals surface area contributed by atoms with Gasteiger partial charge >= 0.3 is 0 Å². The lowest BCUT2D eigenvalue weighted by atomic mass is 9.61. The van der Waals surface area contributed by atoms with E-state index in [4.69, 9.17) is 10.5 Å². The van der Waals surface area contributed by atoms with Crippen molar-refractivity contribution in [2.75, 3.05) is 26.2 Å². The van der Waals surface area contributed by atoms with Crippen LogP contribution in [0, 0.1) is 0 Å². The van der Waals surface area contributed by atoms with Crippen LogP contribution in [0.2, 0.25) is 0 Å². The molecule has 4 N–H and O–H groups in total. The second kappa shape index (κ2) is 4.78. The van der Waals surface area contributed by atoms with Crippen LogP contribution < -0.4 is 15.8 Å². The van der Waals surface area contributed by atoms with E-state index < -0.39 is 5.60 Å². The molecule has 1 aromatic carbocycles. The molecule has 3 rings (SSSR count). The van der Waals surface area contributed by atoms with E-state index in [1.807, 2.05) is 18.2 Å². The second-order valence-corrected chi connectivity index (χ2v) is 5.66. The first kappa shape index (κ1) is 12.9. The van der Waals surface area contributed by atoms with Gasteiger partial charge in [0.05, 0.1) is 12.2 Å². The third-order valence-corrected chi connectivity index (χ3v) is 4.86. The lowest BCUT2D eigenvalue weighted by Gasteiger charge is -2.51. The Hall–Kier alpha value is -1.10. The number of aliphatic hydroxyl groups is 1. The molecule has 0 aromatic heterocycles. The predicted octanol–water partition coefficient (Wildman–Crippen LogP) is 0.780. The number of nitrogens with two attached hydrogens (primary N) is 1. The van der Waals surface area contributed by atoms with E-state index >= 15 is 0 Å². The summed E-state index contributed by atoms with van der Waals surface area (Å²) in [6, 6.07) is 8.00. The van der Waals surface area contributed by atoms with Gasteiger partial charge in [0.25, 0.3) is 0 Å². The predicted molar refractivity (Wildman–Crippen MR) is 74.3 cm³/mol. The molecule has 104 valence electrons. The van der Waals surface area contributed by atoms with Crippen molar-refractivity contribution >= 4 is 0 Å². The van der Waals surface area contributed by atoms with Gasteiger partial charge in [-0.25, -0.2) is 0 Å². The smallest absolute Gasteiger partial charge is 0.123 e. The van der Waals surface area contributed by atoms with Crippen molar-refractivity contribution in [2.45, 2.75) is 30.3 Å². The van der Waals surface area contributed by atoms with E-state index in [-0.39, 0.29) is 5.41 Å². The number of fused-ring (bicyclic) bond motifs is 1. The molecule has 1 unspecified atom stereocenters. The topological polar surface area (TPSA) is 67.5 Å². The van der Waals surface area contributed by atoms with Crippen molar-refractivity contribution in [2.24, 2.45) is 5.73 Å². The summed E-state index contributed by atoms with van der Waals surface area (Å²) in [5, 5.41) is 14.5. The number of nitrogens with one attached hydrogen (secondary N) is 1. The average molecular weight is 262 g/mol. The van der Waals surface area contributed by atoms with E-state index in [0.717, 1.165) is 43.7 Å². The maximum atomic E-state index is 11.2. The fourth-order valence-electron chi connectivity index (χ4n) is 3.66. The highest BCUT2D eigenvalue weighted by atomic mass is 16.5. The fourth-order valence-corrected chi connectivity index (χ4v) is 3.66. The Morgan fingerprint density at radius 3 is 2.68 bits per heavy atom. The van der Waals surface area contributed by atoms with Gasteiger partial charge < -0.3 is 20.9 Å². The first-order chi connectivity index (χ1) is 9.22. The zero-order chi connectivity index (χ0) is 13.3. The van der Waals surface area contributed by atoms with Gasteiger partial charge in [-0.1, -0.05) is 18.2 Å². The molecule has 0 spiro atoms. The van der Waals surface area contributed by atoms with Crippen molar-refractivity contribution in [3.8, 4) is 5.75 Å². The molecule has 0 saturated carbocycles. The highest BCUT2D eigenvalue weighted by Crippen LogP contribution is 2.48. The van der Waals surface area contributed by atoms with Crippen LogP contribution in [0.25, 0.3) is 0 Å². The Kier molecular flexibility index (Phi) is 3.25. The first-order valence-electron chi connectivity index (χ1n) is 7.07. The molecule has 1 saturated heterocycles. The summed E-state index contributed by atoms with van der Waals surface area (Å²) in [5.41, 5.74) is 6.11. The van der Waals surface area contributed by atoms with E-state index in [9.17, 15) is 5.11 Å². The average Bonchev–Trinajstić information content (AvgIpc) is 2.47. The molecule has 2 aliphatic rings. The molecule has 0 radical (unpaired) electrons. The molecule has 2 aliphatic heterocycles. The molecule has 4 heteroatoms. The molecule has 0 aliphatic carbocycles. The number of para-hydroxylation sites is 1. The highest BCUT2D eigenvalue weighted by Gasteiger charge is 2.53. The number of benzene rings is 1. The van der Waals surface area contributed by atoms with Gasteiger partial charge in [0.15, 0.2) is 0 Å². The minimum Gasteiger partial charge on any atom is -0.493 e. The SMILES string of the molecule is NCC1(C2(O)CCNCC2)CCOc2ccccc21. The maximum Gasteiger partial charge on any atom is 0.123 e. The third kappa shape index (κ3) is 1.86. The zero-order valence-electron chi connectivity index (χ0n) is 11.2. The number of ether oxygens (including phenoxy) is 1. The standard InChI is InChI=1S/C15H22N2O2/c16-11-14(15(18)5-8-17-9-6-15)7-10-19-13-4-2-1-3-12(13)14/h1-4,17-18H,5-11,16H2. The molecule has 4 nitrogen and oxygen atoms in total. The number of rotatable bonds is 2. The molecule has 0 bridgehead atoms. The number of piperidine rings is 1. The summed E-state index contributed by atoms with van der Waals surface area (Å²) >= 11 is 0. The summed E-state index contributed by atoms with van der Waals surface area (Å²) in [7, 11) is 0. The van der Waals surface area contributed by atoms with Gasteiger partial charge in [-0.05, 0) is 38.4 Å². The summed E-state index contributed by atoms with van der Waals surface area (Å²) in [6.07, 6.45) is 2.29. The van der Waals surface area contributed by atoms with Crippen molar-refractivity contribution in [1.29, 1.82) is 0 Å². The molecule has 1 aromatic rings. The van der Waals surface area contributed by atoms with Crippen LogP contribution in [-0.4, -0.2) is 36.9 Å². The van der Waals surface area contributed by atoms with Crippen molar-refractivity contribution in [3.63, 3.8) is 0 Å². The quantitative estimate of drug-likeness (QED) is 0.737. The largest absolute Gasteiger partial charge is 0.493 e. The van der Waals surface area contributed by atoms with Gasteiger partial charge in [-0.2, -0.15) is 0 Å². The highest BCUT2D eigenvalue weighted by molar-refractivity contribution is 5.44.